The van der Waals surface area contributed by atoms with Crippen molar-refractivity contribution in [3.63, 3.8) is 0 Å². The van der Waals surface area contributed by atoms with Crippen LogP contribution < -0.4 is 0 Å². The molecule has 1 aromatic heterocycles. The summed E-state index contributed by atoms with van der Waals surface area (Å²) in [4.78, 5) is 4.62. The van der Waals surface area contributed by atoms with E-state index in [-0.39, 0.29) is 6.42 Å². The molecule has 0 unspecified atom stereocenters. The second-order valence-corrected chi connectivity index (χ2v) is 13.7. The minimum absolute atomic E-state index is 0.271. The topological polar surface area (TPSA) is 92.1 Å². The Morgan fingerprint density at radius 3 is 1.30 bits per heavy atom. The van der Waals surface area contributed by atoms with E-state index < -0.39 is 60.1 Å². The van der Waals surface area contributed by atoms with Crippen molar-refractivity contribution >= 4 is 21.4 Å². The Kier molecular flexibility index (Phi) is 6.61. The lowest BCUT2D eigenvalue weighted by atomic mass is 9.23. The second-order valence-electron chi connectivity index (χ2n) is 13.7. The lowest BCUT2D eigenvalue weighted by Gasteiger charge is -2.38. The summed E-state index contributed by atoms with van der Waals surface area (Å²) in [5, 5.41) is 8.44. The minimum atomic E-state index is -1.14. The van der Waals surface area contributed by atoms with Gasteiger partial charge in [0.2, 0.25) is 0 Å². The van der Waals surface area contributed by atoms with Gasteiger partial charge in [0.05, 0.1) is 50.4 Å². The fourth-order valence-corrected chi connectivity index (χ4v) is 4.73. The molecule has 0 N–H and O–H groups in total. The molecule has 3 fully saturated rings. The van der Waals surface area contributed by atoms with Crippen molar-refractivity contribution in [3.05, 3.63) is 29.6 Å². The first-order valence-corrected chi connectivity index (χ1v) is 13.1. The number of nitriles is 1. The molecule has 0 saturated carbocycles. The fourth-order valence-electron chi connectivity index (χ4n) is 4.73. The zero-order valence-electron chi connectivity index (χ0n) is 24.5. The van der Waals surface area contributed by atoms with E-state index in [4.69, 9.17) is 27.9 Å². The van der Waals surface area contributed by atoms with Crippen LogP contribution in [0.5, 0.6) is 0 Å². The molecule has 3 saturated heterocycles. The van der Waals surface area contributed by atoms with E-state index in [0.29, 0.717) is 11.3 Å². The monoisotopic (exact) mass is 510 g/mol. The van der Waals surface area contributed by atoms with E-state index in [9.17, 15) is 5.26 Å². The van der Waals surface area contributed by atoms with Crippen LogP contribution in [-0.2, 0) is 34.3 Å². The Morgan fingerprint density at radius 1 is 0.676 bits per heavy atom. The smallest absolute Gasteiger partial charge is 0.403 e. The van der Waals surface area contributed by atoms with Gasteiger partial charge in [0.25, 0.3) is 0 Å². The predicted molar refractivity (Wildman–Crippen MR) is 144 cm³/mol. The molecular formula is C26H41B3N2O6. The molecule has 1 aromatic rings. The zero-order chi connectivity index (χ0) is 27.9. The number of hydrogen-bond acceptors (Lipinski definition) is 8. The van der Waals surface area contributed by atoms with E-state index in [0.717, 1.165) is 0 Å². The van der Waals surface area contributed by atoms with E-state index in [1.807, 2.05) is 83.1 Å². The van der Waals surface area contributed by atoms with Crippen molar-refractivity contribution < 1.29 is 27.9 Å². The molecular weight excluding hydrogens is 469 g/mol. The number of nitrogens with zero attached hydrogens (tertiary/aromatic N) is 2. The van der Waals surface area contributed by atoms with Crippen LogP contribution in [-0.4, -0.2) is 59.9 Å². The molecule has 37 heavy (non-hydrogen) atoms. The highest BCUT2D eigenvalue weighted by atomic mass is 16.7. The standard InChI is InChI=1S/C26H41B3N2O6/c1-20(2)21(3,4)33-27(32-20)26(16-19-15-18(17-30)13-14-31-19,28-34-22(5,6)23(7,8)35-28)29-36-24(9,10)25(11,12)37-29/h13-15H,16H2,1-12H3. The molecule has 0 radical (unpaired) electrons. The maximum Gasteiger partial charge on any atom is 0.460 e. The van der Waals surface area contributed by atoms with E-state index in [2.05, 4.69) is 11.1 Å². The van der Waals surface area contributed by atoms with Crippen LogP contribution in [0.3, 0.4) is 0 Å². The van der Waals surface area contributed by atoms with Gasteiger partial charge in [0, 0.05) is 11.9 Å². The molecule has 0 aliphatic carbocycles. The molecule has 3 aliphatic heterocycles. The Hall–Kier alpha value is -1.41. The largest absolute Gasteiger partial charge is 0.460 e. The third kappa shape index (κ3) is 4.48. The molecule has 4 heterocycles. The van der Waals surface area contributed by atoms with Gasteiger partial charge in [-0.3, -0.25) is 4.98 Å². The van der Waals surface area contributed by atoms with Crippen LogP contribution in [0, 0.1) is 11.3 Å². The van der Waals surface area contributed by atoms with Crippen molar-refractivity contribution in [3.8, 4) is 6.07 Å². The minimum Gasteiger partial charge on any atom is -0.403 e. The molecule has 0 atom stereocenters. The molecule has 0 amide bonds. The van der Waals surface area contributed by atoms with Crippen LogP contribution in [0.25, 0.3) is 0 Å². The SMILES string of the molecule is CC1(C)OB(C(Cc2cc(C#N)ccn2)(B2OC(C)(C)C(C)(C)O2)B2OC(C)(C)C(C)(C)O2)OC1(C)C. The fraction of sp³-hybridized carbons (Fsp3) is 0.769. The van der Waals surface area contributed by atoms with Crippen LogP contribution >= 0.6 is 0 Å². The lowest BCUT2D eigenvalue weighted by molar-refractivity contribution is 0.00578. The summed E-state index contributed by atoms with van der Waals surface area (Å²) >= 11 is 0. The van der Waals surface area contributed by atoms with E-state index in [1.165, 1.54) is 0 Å². The third-order valence-corrected chi connectivity index (χ3v) is 9.51. The maximum absolute atomic E-state index is 9.58. The Bertz CT molecular complexity index is 962. The summed E-state index contributed by atoms with van der Waals surface area (Å²) in [6.45, 7) is 24.2. The summed E-state index contributed by atoms with van der Waals surface area (Å²) in [5.41, 5.74) is -2.59. The van der Waals surface area contributed by atoms with Gasteiger partial charge in [-0.1, -0.05) is 0 Å². The molecule has 0 bridgehead atoms. The van der Waals surface area contributed by atoms with Crippen LogP contribution in [0.2, 0.25) is 5.11 Å². The first-order chi connectivity index (χ1) is 16.7. The quantitative estimate of drug-likeness (QED) is 0.532. The molecule has 11 heteroatoms. The summed E-state index contributed by atoms with van der Waals surface area (Å²) in [5.74, 6) is 0. The number of aromatic nitrogens is 1. The average molecular weight is 510 g/mol. The van der Waals surface area contributed by atoms with Gasteiger partial charge in [0.1, 0.15) is 0 Å². The molecule has 0 spiro atoms. The summed E-state index contributed by atoms with van der Waals surface area (Å²) in [6, 6.07) is 5.67. The maximum atomic E-state index is 9.58. The second kappa shape index (κ2) is 8.55. The van der Waals surface area contributed by atoms with Gasteiger partial charge in [-0.25, -0.2) is 0 Å². The highest BCUT2D eigenvalue weighted by molar-refractivity contribution is 6.89. The van der Waals surface area contributed by atoms with Gasteiger partial charge < -0.3 is 27.9 Å². The number of pyridine rings is 1. The molecule has 0 aromatic carbocycles. The summed E-state index contributed by atoms with van der Waals surface area (Å²) in [7, 11) is -2.47. The predicted octanol–water partition coefficient (Wildman–Crippen LogP) is 4.59. The van der Waals surface area contributed by atoms with Crippen molar-refractivity contribution in [2.75, 3.05) is 0 Å². The van der Waals surface area contributed by atoms with Crippen molar-refractivity contribution in [2.45, 2.75) is 128 Å². The molecule has 4 rings (SSSR count). The van der Waals surface area contributed by atoms with Gasteiger partial charge in [-0.2, -0.15) is 5.26 Å². The third-order valence-electron chi connectivity index (χ3n) is 9.51. The lowest BCUT2D eigenvalue weighted by Crippen LogP contribution is -2.60. The van der Waals surface area contributed by atoms with Gasteiger partial charge >= 0.3 is 21.4 Å². The van der Waals surface area contributed by atoms with Crippen LogP contribution in [0.4, 0.5) is 0 Å². The number of rotatable bonds is 5. The molecule has 3 aliphatic rings. The van der Waals surface area contributed by atoms with Crippen LogP contribution in [0.1, 0.15) is 94.3 Å². The van der Waals surface area contributed by atoms with Gasteiger partial charge in [-0.05, 0) is 102 Å². The zero-order valence-corrected chi connectivity index (χ0v) is 24.5. The van der Waals surface area contributed by atoms with E-state index in [1.54, 1.807) is 18.3 Å². The van der Waals surface area contributed by atoms with Gasteiger partial charge in [-0.15, -0.1) is 0 Å². The van der Waals surface area contributed by atoms with E-state index >= 15 is 0 Å². The average Bonchev–Trinajstić information content (AvgIpc) is 3.20. The summed E-state index contributed by atoms with van der Waals surface area (Å²) in [6.07, 6.45) is 1.91. The summed E-state index contributed by atoms with van der Waals surface area (Å²) < 4.78 is 40.3. The molecule has 8 nitrogen and oxygen atoms in total. The Morgan fingerprint density at radius 2 is 1.00 bits per heavy atom. The van der Waals surface area contributed by atoms with Crippen molar-refractivity contribution in [1.82, 2.24) is 4.98 Å². The number of hydrogen-bond donors (Lipinski definition) is 0. The normalized spacial score (nSPS) is 26.9. The Balaban J connectivity index is 1.94. The van der Waals surface area contributed by atoms with Crippen LogP contribution in [0.15, 0.2) is 18.3 Å². The highest BCUT2D eigenvalue weighted by Gasteiger charge is 2.77. The van der Waals surface area contributed by atoms with Gasteiger partial charge in [0.15, 0.2) is 0 Å². The first-order valence-electron chi connectivity index (χ1n) is 13.1. The highest BCUT2D eigenvalue weighted by Crippen LogP contribution is 2.57. The first kappa shape index (κ1) is 28.6. The van der Waals surface area contributed by atoms with Crippen molar-refractivity contribution in [1.29, 1.82) is 5.26 Å². The van der Waals surface area contributed by atoms with Crippen molar-refractivity contribution in [2.24, 2.45) is 0 Å². The Labute approximate surface area is 223 Å². The molecule has 200 valence electrons.